The van der Waals surface area contributed by atoms with Gasteiger partial charge < -0.3 is 15.7 Å². The van der Waals surface area contributed by atoms with Crippen molar-refractivity contribution in [2.75, 3.05) is 13.1 Å². The molecule has 5 nitrogen and oxygen atoms in total. The molecule has 110 valence electrons. The molecular formula is C14H26N2O3. The van der Waals surface area contributed by atoms with Gasteiger partial charge in [-0.15, -0.1) is 0 Å². The molecule has 0 bridgehead atoms. The SMILES string of the molecule is CCC1(C(=O)O)CCCN(C(=O)C(N)CC(C)C)C1. The lowest BCUT2D eigenvalue weighted by Crippen LogP contribution is -2.53. The number of hydrogen-bond acceptors (Lipinski definition) is 3. The Balaban J connectivity index is 2.74. The van der Waals surface area contributed by atoms with Gasteiger partial charge in [0.05, 0.1) is 11.5 Å². The van der Waals surface area contributed by atoms with E-state index in [1.165, 1.54) is 0 Å². The molecule has 0 aromatic rings. The van der Waals surface area contributed by atoms with Crippen molar-refractivity contribution in [3.05, 3.63) is 0 Å². The Morgan fingerprint density at radius 3 is 2.53 bits per heavy atom. The molecule has 1 fully saturated rings. The van der Waals surface area contributed by atoms with Crippen molar-refractivity contribution in [3.63, 3.8) is 0 Å². The van der Waals surface area contributed by atoms with Crippen LogP contribution in [0.4, 0.5) is 0 Å². The Morgan fingerprint density at radius 1 is 1.42 bits per heavy atom. The molecule has 2 atom stereocenters. The number of nitrogens with zero attached hydrogens (tertiary/aromatic N) is 1. The van der Waals surface area contributed by atoms with Crippen LogP contribution < -0.4 is 5.73 Å². The highest BCUT2D eigenvalue weighted by atomic mass is 16.4. The van der Waals surface area contributed by atoms with E-state index in [1.807, 2.05) is 20.8 Å². The van der Waals surface area contributed by atoms with Crippen LogP contribution in [0.15, 0.2) is 0 Å². The van der Waals surface area contributed by atoms with E-state index in [2.05, 4.69) is 0 Å². The van der Waals surface area contributed by atoms with E-state index in [4.69, 9.17) is 5.73 Å². The van der Waals surface area contributed by atoms with E-state index in [1.54, 1.807) is 4.90 Å². The summed E-state index contributed by atoms with van der Waals surface area (Å²) in [4.78, 5) is 25.4. The number of carbonyl (C=O) groups excluding carboxylic acids is 1. The molecule has 19 heavy (non-hydrogen) atoms. The Hall–Kier alpha value is -1.10. The number of carboxylic acids is 1. The molecule has 0 aromatic carbocycles. The second kappa shape index (κ2) is 6.37. The molecule has 0 saturated carbocycles. The van der Waals surface area contributed by atoms with Crippen LogP contribution in [0.2, 0.25) is 0 Å². The predicted octanol–water partition coefficient (Wildman–Crippen LogP) is 1.46. The Bertz CT molecular complexity index is 344. The second-order valence-electron chi connectivity index (χ2n) is 6.04. The van der Waals surface area contributed by atoms with Crippen LogP contribution in [0.1, 0.15) is 46.5 Å². The van der Waals surface area contributed by atoms with Crippen molar-refractivity contribution in [1.82, 2.24) is 4.90 Å². The number of hydrogen-bond donors (Lipinski definition) is 2. The first-order chi connectivity index (χ1) is 8.82. The van der Waals surface area contributed by atoms with Crippen molar-refractivity contribution >= 4 is 11.9 Å². The second-order valence-corrected chi connectivity index (χ2v) is 6.04. The fourth-order valence-electron chi connectivity index (χ4n) is 2.78. The number of likely N-dealkylation sites (tertiary alicyclic amines) is 1. The van der Waals surface area contributed by atoms with Crippen LogP contribution in [-0.2, 0) is 9.59 Å². The Morgan fingerprint density at radius 2 is 2.05 bits per heavy atom. The molecule has 1 aliphatic rings. The largest absolute Gasteiger partial charge is 0.481 e. The van der Waals surface area contributed by atoms with Crippen molar-refractivity contribution in [2.24, 2.45) is 17.1 Å². The molecule has 1 amide bonds. The normalized spacial score (nSPS) is 25.4. The molecule has 3 N–H and O–H groups in total. The molecule has 0 aromatic heterocycles. The highest BCUT2D eigenvalue weighted by Crippen LogP contribution is 2.34. The highest BCUT2D eigenvalue weighted by Gasteiger charge is 2.42. The highest BCUT2D eigenvalue weighted by molar-refractivity contribution is 5.83. The van der Waals surface area contributed by atoms with E-state index >= 15 is 0 Å². The summed E-state index contributed by atoms with van der Waals surface area (Å²) < 4.78 is 0. The van der Waals surface area contributed by atoms with Gasteiger partial charge in [-0.1, -0.05) is 20.8 Å². The first kappa shape index (κ1) is 16.0. The van der Waals surface area contributed by atoms with E-state index in [0.717, 1.165) is 6.42 Å². The van der Waals surface area contributed by atoms with Gasteiger partial charge in [0.25, 0.3) is 0 Å². The zero-order chi connectivity index (χ0) is 14.6. The van der Waals surface area contributed by atoms with Crippen LogP contribution in [0.25, 0.3) is 0 Å². The number of piperidine rings is 1. The van der Waals surface area contributed by atoms with Gasteiger partial charge in [0.15, 0.2) is 0 Å². The number of amides is 1. The van der Waals surface area contributed by atoms with Crippen molar-refractivity contribution in [2.45, 2.75) is 52.5 Å². The smallest absolute Gasteiger partial charge is 0.311 e. The Kier molecular flexibility index (Phi) is 5.35. The quantitative estimate of drug-likeness (QED) is 0.792. The lowest BCUT2D eigenvalue weighted by Gasteiger charge is -2.40. The lowest BCUT2D eigenvalue weighted by atomic mass is 9.77. The maximum absolute atomic E-state index is 12.3. The minimum atomic E-state index is -0.801. The van der Waals surface area contributed by atoms with Crippen LogP contribution in [-0.4, -0.2) is 41.0 Å². The molecule has 2 unspecified atom stereocenters. The standard InChI is InChI=1S/C14H26N2O3/c1-4-14(13(18)19)6-5-7-16(9-14)12(17)11(15)8-10(2)3/h10-11H,4-9,15H2,1-3H3,(H,18,19). The van der Waals surface area contributed by atoms with Crippen molar-refractivity contribution in [3.8, 4) is 0 Å². The van der Waals surface area contributed by atoms with Gasteiger partial charge in [0.1, 0.15) is 0 Å². The van der Waals surface area contributed by atoms with E-state index in [-0.39, 0.29) is 5.91 Å². The molecule has 0 spiro atoms. The summed E-state index contributed by atoms with van der Waals surface area (Å²) >= 11 is 0. The molecule has 1 aliphatic heterocycles. The Labute approximate surface area is 115 Å². The van der Waals surface area contributed by atoms with Gasteiger partial charge in [-0.25, -0.2) is 0 Å². The third kappa shape index (κ3) is 3.69. The van der Waals surface area contributed by atoms with Gasteiger partial charge >= 0.3 is 5.97 Å². The topological polar surface area (TPSA) is 83.6 Å². The van der Waals surface area contributed by atoms with Crippen LogP contribution in [0, 0.1) is 11.3 Å². The third-order valence-corrected chi connectivity index (χ3v) is 4.06. The van der Waals surface area contributed by atoms with E-state index in [9.17, 15) is 14.7 Å². The molecular weight excluding hydrogens is 244 g/mol. The monoisotopic (exact) mass is 270 g/mol. The van der Waals surface area contributed by atoms with E-state index < -0.39 is 17.4 Å². The molecule has 0 radical (unpaired) electrons. The first-order valence-electron chi connectivity index (χ1n) is 7.10. The van der Waals surface area contributed by atoms with Gasteiger partial charge in [0.2, 0.25) is 5.91 Å². The first-order valence-corrected chi connectivity index (χ1v) is 7.10. The van der Waals surface area contributed by atoms with Gasteiger partial charge in [-0.05, 0) is 31.6 Å². The molecule has 1 saturated heterocycles. The number of carbonyl (C=O) groups is 2. The third-order valence-electron chi connectivity index (χ3n) is 4.06. The zero-order valence-electron chi connectivity index (χ0n) is 12.2. The number of carboxylic acid groups (broad SMARTS) is 1. The minimum Gasteiger partial charge on any atom is -0.481 e. The summed E-state index contributed by atoms with van der Waals surface area (Å²) in [6.45, 7) is 6.84. The van der Waals surface area contributed by atoms with Gasteiger partial charge in [0, 0.05) is 13.1 Å². The number of nitrogens with two attached hydrogens (primary N) is 1. The maximum atomic E-state index is 12.3. The fraction of sp³-hybridized carbons (Fsp3) is 0.857. The molecule has 5 heteroatoms. The predicted molar refractivity (Wildman–Crippen MR) is 73.6 cm³/mol. The van der Waals surface area contributed by atoms with Gasteiger partial charge in [-0.3, -0.25) is 9.59 Å². The summed E-state index contributed by atoms with van der Waals surface area (Å²) in [6.07, 6.45) is 2.56. The summed E-state index contributed by atoms with van der Waals surface area (Å²) in [5.74, 6) is -0.545. The minimum absolute atomic E-state index is 0.104. The average Bonchev–Trinajstić information content (AvgIpc) is 2.36. The van der Waals surface area contributed by atoms with E-state index in [0.29, 0.717) is 38.3 Å². The summed E-state index contributed by atoms with van der Waals surface area (Å²) in [7, 11) is 0. The van der Waals surface area contributed by atoms with Crippen molar-refractivity contribution < 1.29 is 14.7 Å². The van der Waals surface area contributed by atoms with Crippen molar-refractivity contribution in [1.29, 1.82) is 0 Å². The molecule has 0 aliphatic carbocycles. The van der Waals surface area contributed by atoms with Crippen LogP contribution >= 0.6 is 0 Å². The summed E-state index contributed by atoms with van der Waals surface area (Å²) in [5.41, 5.74) is 5.13. The lowest BCUT2D eigenvalue weighted by molar-refractivity contribution is -0.155. The summed E-state index contributed by atoms with van der Waals surface area (Å²) in [5, 5.41) is 9.40. The fourth-order valence-corrected chi connectivity index (χ4v) is 2.78. The summed E-state index contributed by atoms with van der Waals surface area (Å²) in [6, 6.07) is -0.513. The van der Waals surface area contributed by atoms with Crippen LogP contribution in [0.3, 0.4) is 0 Å². The molecule has 1 heterocycles. The zero-order valence-corrected chi connectivity index (χ0v) is 12.2. The molecule has 1 rings (SSSR count). The maximum Gasteiger partial charge on any atom is 0.311 e. The number of rotatable bonds is 5. The van der Waals surface area contributed by atoms with Gasteiger partial charge in [-0.2, -0.15) is 0 Å². The van der Waals surface area contributed by atoms with Crippen LogP contribution in [0.5, 0.6) is 0 Å². The number of aliphatic carboxylic acids is 1. The average molecular weight is 270 g/mol.